The minimum atomic E-state index is -3.83. The third-order valence-corrected chi connectivity index (χ3v) is 10.5. The summed E-state index contributed by atoms with van der Waals surface area (Å²) in [5, 5.41) is 3.16. The van der Waals surface area contributed by atoms with Gasteiger partial charge in [-0.3, -0.25) is 10.1 Å². The SMILES string of the molecule is COC(=O)Nc1ccc(S(=O)(=O)C(C)C)c([C@H]2CCCN2C(=O)[C@H](Oc2ccc3c(N)nccc3c2)c2cc(OC)c(OC)cc2F)c1. The van der Waals surface area contributed by atoms with Gasteiger partial charge >= 0.3 is 6.09 Å². The van der Waals surface area contributed by atoms with Crippen LogP contribution in [0.25, 0.3) is 10.8 Å². The number of hydrogen-bond donors (Lipinski definition) is 2. The van der Waals surface area contributed by atoms with Crippen molar-refractivity contribution in [2.75, 3.05) is 38.9 Å². The third-order valence-electron chi connectivity index (χ3n) is 8.29. The second kappa shape index (κ2) is 13.9. The molecule has 0 unspecified atom stereocenters. The number of pyridine rings is 1. The number of sulfone groups is 1. The van der Waals surface area contributed by atoms with Crippen LogP contribution in [0.2, 0.25) is 0 Å². The highest BCUT2D eigenvalue weighted by Gasteiger charge is 2.40. The van der Waals surface area contributed by atoms with Crippen molar-refractivity contribution in [3.8, 4) is 17.2 Å². The van der Waals surface area contributed by atoms with Crippen LogP contribution in [0.5, 0.6) is 17.2 Å². The number of benzene rings is 3. The molecule has 0 radical (unpaired) electrons. The maximum atomic E-state index is 15.9. The molecule has 1 aliphatic rings. The fraction of sp³-hybridized carbons (Fsp3) is 0.324. The zero-order valence-corrected chi connectivity index (χ0v) is 28.0. The van der Waals surface area contributed by atoms with Crippen LogP contribution in [0.3, 0.4) is 0 Å². The molecule has 14 heteroatoms. The molecule has 48 heavy (non-hydrogen) atoms. The molecule has 2 atom stereocenters. The number of ether oxygens (including phenoxy) is 4. The van der Waals surface area contributed by atoms with E-state index in [9.17, 15) is 18.0 Å². The number of amides is 2. The molecule has 2 heterocycles. The van der Waals surface area contributed by atoms with Gasteiger partial charge < -0.3 is 29.6 Å². The summed E-state index contributed by atoms with van der Waals surface area (Å²) in [5.41, 5.74) is 6.50. The van der Waals surface area contributed by atoms with E-state index in [1.807, 2.05) is 0 Å². The summed E-state index contributed by atoms with van der Waals surface area (Å²) in [6.45, 7) is 3.36. The molecule has 5 rings (SSSR count). The predicted octanol–water partition coefficient (Wildman–Crippen LogP) is 5.82. The van der Waals surface area contributed by atoms with Crippen LogP contribution in [-0.4, -0.2) is 63.4 Å². The van der Waals surface area contributed by atoms with Crippen LogP contribution in [-0.2, 0) is 19.4 Å². The summed E-state index contributed by atoms with van der Waals surface area (Å²) in [5.74, 6) is -0.522. The average molecular weight is 681 g/mol. The molecule has 2 amide bonds. The highest BCUT2D eigenvalue weighted by Crippen LogP contribution is 2.42. The Bertz CT molecular complexity index is 1970. The minimum Gasteiger partial charge on any atom is -0.493 e. The van der Waals surface area contributed by atoms with Crippen LogP contribution >= 0.6 is 0 Å². The van der Waals surface area contributed by atoms with E-state index in [0.717, 1.165) is 6.07 Å². The molecular formula is C34H37FN4O8S. The summed E-state index contributed by atoms with van der Waals surface area (Å²) in [7, 11) is 0.134. The Kier molecular flexibility index (Phi) is 9.94. The number of carbonyl (C=O) groups is 2. The number of nitrogens with two attached hydrogens (primary N) is 1. The van der Waals surface area contributed by atoms with E-state index in [1.165, 1.54) is 50.5 Å². The van der Waals surface area contributed by atoms with E-state index in [0.29, 0.717) is 35.0 Å². The Morgan fingerprint density at radius 2 is 1.75 bits per heavy atom. The van der Waals surface area contributed by atoms with Crippen molar-refractivity contribution in [2.24, 2.45) is 0 Å². The Morgan fingerprint density at radius 1 is 1.02 bits per heavy atom. The molecule has 4 aromatic rings. The van der Waals surface area contributed by atoms with Crippen molar-refractivity contribution in [2.45, 2.75) is 49.0 Å². The van der Waals surface area contributed by atoms with Gasteiger partial charge in [0, 0.05) is 35.4 Å². The standard InChI is InChI=1S/C34H37FN4O8S/c1-19(2)48(42,43)30-11-8-21(38-34(41)46-5)16-25(30)27-7-6-14-39(27)33(40)31(24-17-28(44-3)29(45-4)18-26(24)35)47-22-9-10-23-20(15-22)12-13-37-32(23)36/h8-13,15-19,27,31H,6-7,14H2,1-5H3,(H2,36,37)(H,38,41)/t27-,31-/m1/s1. The Hall–Kier alpha value is -5.11. The lowest BCUT2D eigenvalue weighted by molar-refractivity contribution is -0.140. The first-order valence-corrected chi connectivity index (χ1v) is 16.7. The quantitative estimate of drug-likeness (QED) is 0.209. The molecule has 0 bridgehead atoms. The van der Waals surface area contributed by atoms with Crippen LogP contribution in [0.1, 0.15) is 50.0 Å². The summed E-state index contributed by atoms with van der Waals surface area (Å²) in [6, 6.07) is 12.8. The van der Waals surface area contributed by atoms with E-state index in [4.69, 9.17) is 24.7 Å². The lowest BCUT2D eigenvalue weighted by Crippen LogP contribution is -2.38. The summed E-state index contributed by atoms with van der Waals surface area (Å²) in [4.78, 5) is 32.3. The topological polar surface area (TPSA) is 159 Å². The van der Waals surface area contributed by atoms with E-state index in [1.54, 1.807) is 44.3 Å². The lowest BCUT2D eigenvalue weighted by Gasteiger charge is -2.31. The number of nitrogens with zero attached hydrogens (tertiary/aromatic N) is 2. The molecule has 0 spiro atoms. The second-order valence-corrected chi connectivity index (χ2v) is 13.9. The fourth-order valence-electron chi connectivity index (χ4n) is 5.78. The molecule has 12 nitrogen and oxygen atoms in total. The number of methoxy groups -OCH3 is 3. The van der Waals surface area contributed by atoms with Crippen molar-refractivity contribution < 1.29 is 41.3 Å². The van der Waals surface area contributed by atoms with Gasteiger partial charge in [-0.15, -0.1) is 0 Å². The van der Waals surface area contributed by atoms with Crippen molar-refractivity contribution in [1.82, 2.24) is 9.88 Å². The Morgan fingerprint density at radius 3 is 2.44 bits per heavy atom. The van der Waals surface area contributed by atoms with Gasteiger partial charge in [0.25, 0.3) is 5.91 Å². The second-order valence-electron chi connectivity index (χ2n) is 11.5. The van der Waals surface area contributed by atoms with E-state index < -0.39 is 45.1 Å². The number of aromatic nitrogens is 1. The summed E-state index contributed by atoms with van der Waals surface area (Å²) in [6.07, 6.45) is 0.194. The normalized spacial score (nSPS) is 15.3. The van der Waals surface area contributed by atoms with Gasteiger partial charge in [-0.1, -0.05) is 0 Å². The first-order valence-electron chi connectivity index (χ1n) is 15.1. The number of likely N-dealkylation sites (tertiary alicyclic amines) is 1. The van der Waals surface area contributed by atoms with Crippen molar-refractivity contribution in [3.63, 3.8) is 0 Å². The Balaban J connectivity index is 1.63. The van der Waals surface area contributed by atoms with E-state index in [-0.39, 0.29) is 39.9 Å². The van der Waals surface area contributed by atoms with Crippen molar-refractivity contribution in [3.05, 3.63) is 77.7 Å². The van der Waals surface area contributed by atoms with Gasteiger partial charge in [0.2, 0.25) is 6.10 Å². The molecule has 3 aromatic carbocycles. The molecule has 254 valence electrons. The number of fused-ring (bicyclic) bond motifs is 1. The largest absolute Gasteiger partial charge is 0.493 e. The van der Waals surface area contributed by atoms with Crippen molar-refractivity contribution in [1.29, 1.82) is 0 Å². The highest BCUT2D eigenvalue weighted by atomic mass is 32.2. The van der Waals surface area contributed by atoms with Gasteiger partial charge in [-0.25, -0.2) is 22.6 Å². The average Bonchev–Trinajstić information content (AvgIpc) is 3.57. The van der Waals surface area contributed by atoms with Gasteiger partial charge in [0.15, 0.2) is 21.3 Å². The first-order chi connectivity index (χ1) is 22.9. The van der Waals surface area contributed by atoms with Gasteiger partial charge in [-0.2, -0.15) is 0 Å². The molecule has 0 aliphatic carbocycles. The number of hydrogen-bond acceptors (Lipinski definition) is 10. The Labute approximate surface area is 277 Å². The molecule has 1 aromatic heterocycles. The fourth-order valence-corrected chi connectivity index (χ4v) is 7.07. The molecule has 1 saturated heterocycles. The predicted molar refractivity (Wildman–Crippen MR) is 178 cm³/mol. The number of rotatable bonds is 10. The van der Waals surface area contributed by atoms with Crippen LogP contribution in [0.15, 0.2) is 65.7 Å². The highest BCUT2D eigenvalue weighted by molar-refractivity contribution is 7.92. The zero-order chi connectivity index (χ0) is 34.7. The van der Waals surface area contributed by atoms with Crippen molar-refractivity contribution >= 4 is 44.1 Å². The molecule has 1 aliphatic heterocycles. The van der Waals surface area contributed by atoms with E-state index in [2.05, 4.69) is 10.3 Å². The molecule has 1 fully saturated rings. The van der Waals surface area contributed by atoms with Crippen LogP contribution < -0.4 is 25.3 Å². The maximum Gasteiger partial charge on any atom is 0.411 e. The zero-order valence-electron chi connectivity index (χ0n) is 27.2. The number of anilines is 2. The summed E-state index contributed by atoms with van der Waals surface area (Å²) >= 11 is 0. The number of nitrogens with one attached hydrogen (secondary N) is 1. The number of nitrogen functional groups attached to an aromatic ring is 1. The molecule has 3 N–H and O–H groups in total. The molecular weight excluding hydrogens is 643 g/mol. The van der Waals surface area contributed by atoms with Crippen LogP contribution in [0.4, 0.5) is 20.7 Å². The molecule has 0 saturated carbocycles. The first kappa shape index (κ1) is 34.2. The van der Waals surface area contributed by atoms with Gasteiger partial charge in [-0.05, 0) is 86.2 Å². The smallest absolute Gasteiger partial charge is 0.411 e. The van der Waals surface area contributed by atoms with E-state index >= 15 is 4.39 Å². The lowest BCUT2D eigenvalue weighted by atomic mass is 10.0. The monoisotopic (exact) mass is 680 g/mol. The van der Waals surface area contributed by atoms with Gasteiger partial charge in [0.05, 0.1) is 37.5 Å². The van der Waals surface area contributed by atoms with Crippen LogP contribution in [0, 0.1) is 5.82 Å². The maximum absolute atomic E-state index is 15.9. The third kappa shape index (κ3) is 6.65. The summed E-state index contributed by atoms with van der Waals surface area (Å²) < 4.78 is 64.7. The van der Waals surface area contributed by atoms with Gasteiger partial charge in [0.1, 0.15) is 17.4 Å². The minimum absolute atomic E-state index is 0.0214. The number of halogens is 1. The number of carbonyl (C=O) groups excluding carboxylic acids is 2.